The van der Waals surface area contributed by atoms with E-state index < -0.39 is 0 Å². The molecule has 0 bridgehead atoms. The summed E-state index contributed by atoms with van der Waals surface area (Å²) in [5, 5.41) is 8.65. The summed E-state index contributed by atoms with van der Waals surface area (Å²) >= 11 is 5.87. The molecule has 2 atom stereocenters. The average Bonchev–Trinajstić information content (AvgIpc) is 2.96. The number of rotatable bonds is 2. The van der Waals surface area contributed by atoms with Gasteiger partial charge in [0.25, 0.3) is 5.91 Å². The number of hydrogen-bond acceptors (Lipinski definition) is 4. The Kier molecular flexibility index (Phi) is 4.13. The second-order valence-electron chi connectivity index (χ2n) is 5.49. The number of morpholine rings is 1. The Hall–Kier alpha value is -1.92. The third-order valence-corrected chi connectivity index (χ3v) is 3.76. The van der Waals surface area contributed by atoms with Gasteiger partial charge in [0.05, 0.1) is 24.1 Å². The zero-order valence-corrected chi connectivity index (χ0v) is 13.2. The van der Waals surface area contributed by atoms with Crippen LogP contribution in [-0.4, -0.2) is 51.1 Å². The van der Waals surface area contributed by atoms with Crippen molar-refractivity contribution in [3.05, 3.63) is 41.2 Å². The van der Waals surface area contributed by atoms with Crippen molar-refractivity contribution < 1.29 is 9.53 Å². The molecule has 1 aliphatic rings. The first-order chi connectivity index (χ1) is 10.5. The highest BCUT2D eigenvalue weighted by molar-refractivity contribution is 6.30. The van der Waals surface area contributed by atoms with Gasteiger partial charge in [-0.1, -0.05) is 16.8 Å². The van der Waals surface area contributed by atoms with Crippen LogP contribution in [0.3, 0.4) is 0 Å². The highest BCUT2D eigenvalue weighted by atomic mass is 35.5. The summed E-state index contributed by atoms with van der Waals surface area (Å²) in [6.07, 6.45) is 1.69. The molecule has 1 fully saturated rings. The minimum atomic E-state index is -0.123. The van der Waals surface area contributed by atoms with Gasteiger partial charge < -0.3 is 9.64 Å². The standard InChI is InChI=1S/C15H17ClN4O2/c1-10-7-19(8-11(2)22-10)15(21)14-9-20(18-17-14)13-5-3-12(16)4-6-13/h3-6,9-11H,7-8H2,1-2H3/t10-,11-/m0/s1. The van der Waals surface area contributed by atoms with Crippen molar-refractivity contribution in [2.45, 2.75) is 26.1 Å². The SMILES string of the molecule is C[C@H]1CN(C(=O)c2cn(-c3ccc(Cl)cc3)nn2)C[C@H](C)O1. The first kappa shape index (κ1) is 15.0. The lowest BCUT2D eigenvalue weighted by Gasteiger charge is -2.34. The number of ether oxygens (including phenoxy) is 1. The monoisotopic (exact) mass is 320 g/mol. The Bertz CT molecular complexity index is 660. The van der Waals surface area contributed by atoms with E-state index in [1.807, 2.05) is 26.0 Å². The molecule has 6 nitrogen and oxygen atoms in total. The van der Waals surface area contributed by atoms with E-state index in [4.69, 9.17) is 16.3 Å². The van der Waals surface area contributed by atoms with E-state index in [0.29, 0.717) is 23.8 Å². The number of benzene rings is 1. The Morgan fingerprint density at radius 2 is 1.86 bits per heavy atom. The van der Waals surface area contributed by atoms with E-state index in [9.17, 15) is 4.79 Å². The van der Waals surface area contributed by atoms with Crippen molar-refractivity contribution in [1.82, 2.24) is 19.9 Å². The minimum absolute atomic E-state index is 0.0269. The number of amides is 1. The Labute approximate surface area is 133 Å². The summed E-state index contributed by atoms with van der Waals surface area (Å²) in [6.45, 7) is 5.05. The minimum Gasteiger partial charge on any atom is -0.372 e. The third kappa shape index (κ3) is 3.13. The van der Waals surface area contributed by atoms with Crippen LogP contribution in [0.5, 0.6) is 0 Å². The number of nitrogens with zero attached hydrogens (tertiary/aromatic N) is 4. The number of carbonyl (C=O) groups excluding carboxylic acids is 1. The topological polar surface area (TPSA) is 60.2 Å². The normalized spacial score (nSPS) is 21.9. The molecule has 2 heterocycles. The second-order valence-corrected chi connectivity index (χ2v) is 5.93. The Morgan fingerprint density at radius 3 is 2.50 bits per heavy atom. The van der Waals surface area contributed by atoms with Crippen molar-refractivity contribution in [3.63, 3.8) is 0 Å². The Balaban J connectivity index is 1.78. The van der Waals surface area contributed by atoms with Crippen molar-refractivity contribution in [2.24, 2.45) is 0 Å². The average molecular weight is 321 g/mol. The van der Waals surface area contributed by atoms with Crippen molar-refractivity contribution in [1.29, 1.82) is 0 Å². The van der Waals surface area contributed by atoms with Gasteiger partial charge in [0.1, 0.15) is 0 Å². The van der Waals surface area contributed by atoms with Gasteiger partial charge in [-0.3, -0.25) is 4.79 Å². The lowest BCUT2D eigenvalue weighted by molar-refractivity contribution is -0.0587. The van der Waals surface area contributed by atoms with Gasteiger partial charge in [-0.25, -0.2) is 4.68 Å². The van der Waals surface area contributed by atoms with Crippen molar-refractivity contribution in [2.75, 3.05) is 13.1 Å². The van der Waals surface area contributed by atoms with Gasteiger partial charge in [-0.15, -0.1) is 5.10 Å². The molecule has 0 unspecified atom stereocenters. The van der Waals surface area contributed by atoms with Crippen molar-refractivity contribution in [3.8, 4) is 5.69 Å². The zero-order chi connectivity index (χ0) is 15.7. The maximum absolute atomic E-state index is 12.5. The molecule has 1 aromatic carbocycles. The van der Waals surface area contributed by atoms with Crippen LogP contribution in [0.2, 0.25) is 5.02 Å². The molecule has 1 saturated heterocycles. The van der Waals surface area contributed by atoms with Gasteiger partial charge in [-0.2, -0.15) is 0 Å². The Morgan fingerprint density at radius 1 is 1.23 bits per heavy atom. The molecule has 0 saturated carbocycles. The molecule has 0 N–H and O–H groups in total. The van der Waals surface area contributed by atoms with Crippen LogP contribution < -0.4 is 0 Å². The van der Waals surface area contributed by atoms with Gasteiger partial charge in [0.2, 0.25) is 0 Å². The van der Waals surface area contributed by atoms with Crippen LogP contribution >= 0.6 is 11.6 Å². The van der Waals surface area contributed by atoms with Gasteiger partial charge in [0.15, 0.2) is 5.69 Å². The fourth-order valence-corrected chi connectivity index (χ4v) is 2.71. The number of halogens is 1. The number of hydrogen-bond donors (Lipinski definition) is 0. The molecule has 1 amide bonds. The fourth-order valence-electron chi connectivity index (χ4n) is 2.59. The van der Waals surface area contributed by atoms with E-state index in [0.717, 1.165) is 5.69 Å². The van der Waals surface area contributed by atoms with E-state index in [1.165, 1.54) is 0 Å². The van der Waals surface area contributed by atoms with Crippen LogP contribution in [0.4, 0.5) is 0 Å². The summed E-state index contributed by atoms with van der Waals surface area (Å²) in [5.41, 5.74) is 1.14. The molecule has 0 radical (unpaired) electrons. The molecule has 22 heavy (non-hydrogen) atoms. The molecule has 2 aromatic rings. The molecule has 0 aliphatic carbocycles. The van der Waals surface area contributed by atoms with Crippen LogP contribution in [0.1, 0.15) is 24.3 Å². The van der Waals surface area contributed by atoms with Gasteiger partial charge in [-0.05, 0) is 38.1 Å². The zero-order valence-electron chi connectivity index (χ0n) is 12.4. The highest BCUT2D eigenvalue weighted by Crippen LogP contribution is 2.15. The van der Waals surface area contributed by atoms with Crippen LogP contribution in [-0.2, 0) is 4.74 Å². The highest BCUT2D eigenvalue weighted by Gasteiger charge is 2.28. The maximum atomic E-state index is 12.5. The number of aromatic nitrogens is 3. The first-order valence-electron chi connectivity index (χ1n) is 7.16. The fraction of sp³-hybridized carbons (Fsp3) is 0.400. The molecular formula is C15H17ClN4O2. The molecule has 1 aromatic heterocycles. The summed E-state index contributed by atoms with van der Waals surface area (Å²) in [4.78, 5) is 14.3. The second kappa shape index (κ2) is 6.06. The smallest absolute Gasteiger partial charge is 0.276 e. The predicted octanol–water partition coefficient (Wildman–Crippen LogP) is 2.17. The summed E-state index contributed by atoms with van der Waals surface area (Å²) in [6, 6.07) is 7.19. The van der Waals surface area contributed by atoms with Crippen molar-refractivity contribution >= 4 is 17.5 Å². The lowest BCUT2D eigenvalue weighted by Crippen LogP contribution is -2.48. The van der Waals surface area contributed by atoms with E-state index in [2.05, 4.69) is 10.3 Å². The quantitative estimate of drug-likeness (QED) is 0.851. The first-order valence-corrected chi connectivity index (χ1v) is 7.54. The number of carbonyl (C=O) groups is 1. The van der Waals surface area contributed by atoms with Crippen LogP contribution in [0, 0.1) is 0 Å². The van der Waals surface area contributed by atoms with E-state index >= 15 is 0 Å². The van der Waals surface area contributed by atoms with Crippen LogP contribution in [0.15, 0.2) is 30.5 Å². The molecular weight excluding hydrogens is 304 g/mol. The summed E-state index contributed by atoms with van der Waals surface area (Å²) in [7, 11) is 0. The predicted molar refractivity (Wildman–Crippen MR) is 82.3 cm³/mol. The third-order valence-electron chi connectivity index (χ3n) is 3.51. The van der Waals surface area contributed by atoms with Crippen LogP contribution in [0.25, 0.3) is 5.69 Å². The lowest BCUT2D eigenvalue weighted by atomic mass is 10.2. The molecule has 1 aliphatic heterocycles. The molecule has 116 valence electrons. The largest absolute Gasteiger partial charge is 0.372 e. The van der Waals surface area contributed by atoms with E-state index in [1.54, 1.807) is 27.9 Å². The summed E-state index contributed by atoms with van der Waals surface area (Å²) < 4.78 is 7.21. The van der Waals surface area contributed by atoms with Gasteiger partial charge >= 0.3 is 0 Å². The van der Waals surface area contributed by atoms with Gasteiger partial charge in [0, 0.05) is 18.1 Å². The molecule has 0 spiro atoms. The molecule has 3 rings (SSSR count). The maximum Gasteiger partial charge on any atom is 0.276 e. The van der Waals surface area contributed by atoms with E-state index in [-0.39, 0.29) is 18.1 Å². The molecule has 7 heteroatoms. The summed E-state index contributed by atoms with van der Waals surface area (Å²) in [5.74, 6) is -0.123.